The number of hydrogen-bond acceptors (Lipinski definition) is 5. The number of carbonyl (C=O) groups is 3. The van der Waals surface area contributed by atoms with Crippen LogP contribution in [-0.4, -0.2) is 45.2 Å². The first-order valence-corrected chi connectivity index (χ1v) is 13.2. The van der Waals surface area contributed by atoms with Gasteiger partial charge in [-0.05, 0) is 19.8 Å². The highest BCUT2D eigenvalue weighted by Crippen LogP contribution is 2.13. The fraction of sp³-hybridized carbons (Fsp3) is 0.808. The summed E-state index contributed by atoms with van der Waals surface area (Å²) in [4.78, 5) is 36.3. The minimum atomic E-state index is -1.55. The maximum Gasteiger partial charge on any atom is 0.328 e. The van der Waals surface area contributed by atoms with Crippen molar-refractivity contribution in [1.29, 1.82) is 0 Å². The number of rotatable bonds is 21. The normalized spacial score (nSPS) is 13.6. The Labute approximate surface area is 205 Å². The summed E-state index contributed by atoms with van der Waals surface area (Å²) >= 11 is 0. The van der Waals surface area contributed by atoms with Gasteiger partial charge < -0.3 is 26.0 Å². The molecule has 0 aliphatic rings. The third kappa shape index (κ3) is 15.7. The lowest BCUT2D eigenvalue weighted by Gasteiger charge is -2.19. The first kappa shape index (κ1) is 31.9. The summed E-state index contributed by atoms with van der Waals surface area (Å²) in [6.45, 7) is 5.47. The van der Waals surface area contributed by atoms with E-state index in [4.69, 9.17) is 0 Å². The van der Waals surface area contributed by atoms with Gasteiger partial charge in [0.25, 0.3) is 5.91 Å². The second-order valence-electron chi connectivity index (χ2n) is 9.14. The molecule has 0 aromatic rings. The van der Waals surface area contributed by atoms with Crippen molar-refractivity contribution in [1.82, 2.24) is 10.6 Å². The number of carbonyl (C=O) groups excluding carboxylic acids is 2. The quantitative estimate of drug-likeness (QED) is 0.0873. The summed E-state index contributed by atoms with van der Waals surface area (Å²) in [6.07, 6.45) is 14.3. The number of allylic oxidation sites excluding steroid dienone is 1. The van der Waals surface area contributed by atoms with Gasteiger partial charge in [-0.2, -0.15) is 0 Å². The third-order valence-corrected chi connectivity index (χ3v) is 5.84. The molecule has 0 rings (SSSR count). The molecule has 0 aromatic heterocycles. The topological polar surface area (TPSA) is 136 Å². The molecule has 0 aliphatic carbocycles. The van der Waals surface area contributed by atoms with Gasteiger partial charge in [0.15, 0.2) is 6.04 Å². The van der Waals surface area contributed by atoms with Crippen LogP contribution >= 0.6 is 0 Å². The summed E-state index contributed by atoms with van der Waals surface area (Å²) in [5, 5.41) is 33.9. The second-order valence-corrected chi connectivity index (χ2v) is 9.14. The molecule has 0 saturated carbocycles. The summed E-state index contributed by atoms with van der Waals surface area (Å²) < 4.78 is 0. The van der Waals surface area contributed by atoms with Gasteiger partial charge in [0.05, 0.1) is 6.10 Å². The molecule has 5 N–H and O–H groups in total. The molecular weight excluding hydrogens is 436 g/mol. The monoisotopic (exact) mass is 484 g/mol. The number of nitrogens with one attached hydrogen (secondary N) is 2. The van der Waals surface area contributed by atoms with Crippen LogP contribution in [0.3, 0.4) is 0 Å². The fourth-order valence-electron chi connectivity index (χ4n) is 3.68. The Kier molecular flexibility index (Phi) is 19.0. The minimum absolute atomic E-state index is 0.196. The Morgan fingerprint density at radius 3 is 1.62 bits per heavy atom. The number of hydrogen-bond donors (Lipinski definition) is 5. The van der Waals surface area contributed by atoms with Crippen LogP contribution in [0.15, 0.2) is 11.5 Å². The lowest BCUT2D eigenvalue weighted by atomic mass is 10.1. The lowest BCUT2D eigenvalue weighted by Crippen LogP contribution is -2.50. The van der Waals surface area contributed by atoms with Crippen LogP contribution in [0.25, 0.3) is 0 Å². The molecular formula is C26H48N2O6. The molecule has 8 heteroatoms. The number of aliphatic hydroxyl groups excluding tert-OH is 2. The molecule has 0 aliphatic heterocycles. The van der Waals surface area contributed by atoms with E-state index in [9.17, 15) is 29.7 Å². The number of unbranched alkanes of at least 4 members (excludes halogenated alkanes) is 12. The average molecular weight is 485 g/mol. The van der Waals surface area contributed by atoms with E-state index in [0.29, 0.717) is 12.8 Å². The number of carboxylic acid groups (broad SMARTS) is 1. The molecule has 198 valence electrons. The molecule has 8 nitrogen and oxygen atoms in total. The molecule has 0 heterocycles. The first-order valence-electron chi connectivity index (χ1n) is 13.2. The molecule has 0 spiro atoms. The van der Waals surface area contributed by atoms with Gasteiger partial charge in [-0.25, -0.2) is 4.79 Å². The van der Waals surface area contributed by atoms with Crippen LogP contribution in [0.5, 0.6) is 0 Å². The first-order chi connectivity index (χ1) is 16.2. The van der Waals surface area contributed by atoms with Gasteiger partial charge in [-0.3, -0.25) is 9.59 Å². The highest BCUT2D eigenvalue weighted by Gasteiger charge is 2.28. The zero-order valence-electron chi connectivity index (χ0n) is 21.5. The van der Waals surface area contributed by atoms with Gasteiger partial charge in [-0.15, -0.1) is 0 Å². The molecule has 2 unspecified atom stereocenters. The molecule has 0 radical (unpaired) electrons. The second kappa shape index (κ2) is 20.3. The van der Waals surface area contributed by atoms with E-state index in [2.05, 4.69) is 17.6 Å². The number of aliphatic hydroxyl groups is 2. The summed E-state index contributed by atoms with van der Waals surface area (Å²) in [5.41, 5.74) is -0.337. The Morgan fingerprint density at radius 2 is 1.15 bits per heavy atom. The maximum atomic E-state index is 12.6. The minimum Gasteiger partial charge on any atom is -0.510 e. The van der Waals surface area contributed by atoms with Crippen molar-refractivity contribution in [3.63, 3.8) is 0 Å². The standard InChI is InChI=1S/C26H48N2O6/c1-4-6-8-9-10-11-12-13-14-15-17-19-22(31)27-24(21(30)18-16-7-5-2)25(32)28-23(20(3)29)26(33)34/h20,23,29-30H,4-19H2,1-3H3,(H,27,31)(H,28,32)(H,33,34). The van der Waals surface area contributed by atoms with Gasteiger partial charge in [0, 0.05) is 12.8 Å². The number of aliphatic carboxylic acids is 1. The predicted molar refractivity (Wildman–Crippen MR) is 134 cm³/mol. The van der Waals surface area contributed by atoms with E-state index in [1.165, 1.54) is 51.9 Å². The molecule has 2 amide bonds. The third-order valence-electron chi connectivity index (χ3n) is 5.84. The predicted octanol–water partition coefficient (Wildman–Crippen LogP) is 5.10. The Balaban J connectivity index is 4.59. The maximum absolute atomic E-state index is 12.6. The van der Waals surface area contributed by atoms with E-state index < -0.39 is 29.9 Å². The highest BCUT2D eigenvalue weighted by atomic mass is 16.4. The molecule has 2 atom stereocenters. The van der Waals surface area contributed by atoms with Crippen LogP contribution in [0, 0.1) is 0 Å². The van der Waals surface area contributed by atoms with Crippen molar-refractivity contribution >= 4 is 17.8 Å². The van der Waals surface area contributed by atoms with Crippen LogP contribution in [-0.2, 0) is 14.4 Å². The molecule has 0 bridgehead atoms. The van der Waals surface area contributed by atoms with Crippen molar-refractivity contribution in [2.75, 3.05) is 0 Å². The van der Waals surface area contributed by atoms with E-state index in [1.807, 2.05) is 6.92 Å². The van der Waals surface area contributed by atoms with E-state index >= 15 is 0 Å². The average Bonchev–Trinajstić information content (AvgIpc) is 2.78. The van der Waals surface area contributed by atoms with Crippen molar-refractivity contribution in [3.05, 3.63) is 11.5 Å². The molecule has 0 aromatic carbocycles. The fourth-order valence-corrected chi connectivity index (χ4v) is 3.68. The van der Waals surface area contributed by atoms with Gasteiger partial charge in [0.2, 0.25) is 5.91 Å². The molecule has 0 saturated heterocycles. The summed E-state index contributed by atoms with van der Waals surface area (Å²) in [6, 6.07) is -1.55. The Morgan fingerprint density at radius 1 is 0.706 bits per heavy atom. The Bertz CT molecular complexity index is 618. The van der Waals surface area contributed by atoms with Crippen molar-refractivity contribution < 1.29 is 29.7 Å². The van der Waals surface area contributed by atoms with E-state index in [1.54, 1.807) is 0 Å². The zero-order valence-corrected chi connectivity index (χ0v) is 21.5. The largest absolute Gasteiger partial charge is 0.510 e. The SMILES string of the molecule is CCCCCCCCCCCCCC(=O)NC(C(=O)NC(C(=O)O)C(C)O)=C(O)CCCCC. The van der Waals surface area contributed by atoms with Crippen molar-refractivity contribution in [3.8, 4) is 0 Å². The van der Waals surface area contributed by atoms with Crippen molar-refractivity contribution in [2.24, 2.45) is 0 Å². The molecule has 0 fully saturated rings. The van der Waals surface area contributed by atoms with Crippen LogP contribution in [0.1, 0.15) is 124 Å². The van der Waals surface area contributed by atoms with Crippen LogP contribution in [0.2, 0.25) is 0 Å². The number of amides is 2. The van der Waals surface area contributed by atoms with Crippen LogP contribution in [0.4, 0.5) is 0 Å². The van der Waals surface area contributed by atoms with Gasteiger partial charge in [0.1, 0.15) is 11.5 Å². The van der Waals surface area contributed by atoms with E-state index in [0.717, 1.165) is 32.1 Å². The highest BCUT2D eigenvalue weighted by molar-refractivity contribution is 5.99. The Hall–Kier alpha value is -2.09. The summed E-state index contributed by atoms with van der Waals surface area (Å²) in [7, 11) is 0. The van der Waals surface area contributed by atoms with Crippen LogP contribution < -0.4 is 10.6 Å². The van der Waals surface area contributed by atoms with E-state index in [-0.39, 0.29) is 24.3 Å². The molecule has 34 heavy (non-hydrogen) atoms. The number of carboxylic acids is 1. The smallest absolute Gasteiger partial charge is 0.328 e. The van der Waals surface area contributed by atoms with Crippen molar-refractivity contribution in [2.45, 2.75) is 136 Å². The summed E-state index contributed by atoms with van der Waals surface area (Å²) in [5.74, 6) is -3.00. The van der Waals surface area contributed by atoms with Gasteiger partial charge in [-0.1, -0.05) is 90.9 Å². The lowest BCUT2D eigenvalue weighted by molar-refractivity contribution is -0.144. The van der Waals surface area contributed by atoms with Gasteiger partial charge >= 0.3 is 5.97 Å². The zero-order chi connectivity index (χ0) is 25.8.